The number of hydrogen-bond donors (Lipinski definition) is 1. The highest BCUT2D eigenvalue weighted by atomic mass is 32.1. The average Bonchev–Trinajstić information content (AvgIpc) is 2.91. The van der Waals surface area contributed by atoms with Crippen LogP contribution in [-0.2, 0) is 6.42 Å². The van der Waals surface area contributed by atoms with Gasteiger partial charge in [-0.3, -0.25) is 20.2 Å². The van der Waals surface area contributed by atoms with Crippen LogP contribution >= 0.6 is 12.2 Å². The number of nitro benzene ring substituents is 2. The number of nitro groups is 2. The van der Waals surface area contributed by atoms with Gasteiger partial charge in [-0.25, -0.2) is 0 Å². The zero-order valence-electron chi connectivity index (χ0n) is 20.1. The molecule has 0 saturated heterocycles. The van der Waals surface area contributed by atoms with Gasteiger partial charge in [-0.2, -0.15) is 0 Å². The van der Waals surface area contributed by atoms with Crippen LogP contribution in [0.2, 0.25) is 0 Å². The van der Waals surface area contributed by atoms with Crippen molar-refractivity contribution < 1.29 is 24.1 Å². The number of non-ortho nitro benzene ring substituents is 2. The number of fused-ring (bicyclic) bond motifs is 1. The molecule has 0 radical (unpaired) electrons. The van der Waals surface area contributed by atoms with Crippen LogP contribution in [0.5, 0.6) is 17.2 Å². The monoisotopic (exact) mass is 524 g/mol. The van der Waals surface area contributed by atoms with E-state index in [1.807, 2.05) is 17.0 Å². The summed E-state index contributed by atoms with van der Waals surface area (Å²) in [6.07, 6.45) is 0.686. The lowest BCUT2D eigenvalue weighted by Gasteiger charge is -2.39. The number of benzene rings is 3. The molecule has 1 aliphatic heterocycles. The summed E-state index contributed by atoms with van der Waals surface area (Å²) in [5, 5.41) is 25.5. The molecule has 192 valence electrons. The number of nitrogens with zero attached hydrogens (tertiary/aromatic N) is 3. The van der Waals surface area contributed by atoms with Gasteiger partial charge in [0, 0.05) is 36.5 Å². The lowest BCUT2D eigenvalue weighted by atomic mass is 9.92. The summed E-state index contributed by atoms with van der Waals surface area (Å²) in [6.45, 7) is 0.776. The molecular formula is C25H24N4O7S. The predicted molar refractivity (Wildman–Crippen MR) is 141 cm³/mol. The van der Waals surface area contributed by atoms with E-state index in [4.69, 9.17) is 26.4 Å². The molecule has 0 fully saturated rings. The maximum absolute atomic E-state index is 11.0. The number of methoxy groups -OCH3 is 2. The van der Waals surface area contributed by atoms with Crippen molar-refractivity contribution in [3.63, 3.8) is 0 Å². The molecule has 0 bridgehead atoms. The van der Waals surface area contributed by atoms with E-state index in [-0.39, 0.29) is 24.0 Å². The van der Waals surface area contributed by atoms with E-state index in [2.05, 4.69) is 5.32 Å². The van der Waals surface area contributed by atoms with Crippen LogP contribution in [0.25, 0.3) is 0 Å². The quantitative estimate of drug-likeness (QED) is 0.247. The Hall–Kier alpha value is -4.45. The molecule has 0 aliphatic carbocycles. The van der Waals surface area contributed by atoms with Crippen molar-refractivity contribution in [1.82, 2.24) is 4.90 Å². The van der Waals surface area contributed by atoms with Crippen LogP contribution in [-0.4, -0.2) is 47.2 Å². The number of ether oxygens (including phenoxy) is 3. The molecule has 0 aromatic heterocycles. The maximum Gasteiger partial charge on any atom is 0.269 e. The third kappa shape index (κ3) is 5.70. The summed E-state index contributed by atoms with van der Waals surface area (Å²) < 4.78 is 17.0. The highest BCUT2D eigenvalue weighted by Crippen LogP contribution is 2.39. The zero-order chi connectivity index (χ0) is 26.5. The molecule has 1 unspecified atom stereocenters. The van der Waals surface area contributed by atoms with E-state index >= 15 is 0 Å². The van der Waals surface area contributed by atoms with Crippen molar-refractivity contribution in [2.75, 3.05) is 32.7 Å². The number of nitrogens with one attached hydrogen (secondary N) is 1. The van der Waals surface area contributed by atoms with E-state index in [1.54, 1.807) is 38.5 Å². The Morgan fingerprint density at radius 2 is 1.54 bits per heavy atom. The highest BCUT2D eigenvalue weighted by Gasteiger charge is 2.31. The second-order valence-corrected chi connectivity index (χ2v) is 8.55. The maximum atomic E-state index is 11.0. The van der Waals surface area contributed by atoms with Gasteiger partial charge in [0.1, 0.15) is 12.4 Å². The molecule has 3 aromatic carbocycles. The van der Waals surface area contributed by atoms with Crippen LogP contribution in [0, 0.1) is 20.2 Å². The van der Waals surface area contributed by atoms with Crippen molar-refractivity contribution in [1.29, 1.82) is 0 Å². The van der Waals surface area contributed by atoms with Gasteiger partial charge in [0.05, 0.1) is 30.1 Å². The van der Waals surface area contributed by atoms with E-state index in [9.17, 15) is 20.2 Å². The summed E-state index contributed by atoms with van der Waals surface area (Å²) in [6, 6.07) is 15.4. The molecule has 11 nitrogen and oxygen atoms in total. The summed E-state index contributed by atoms with van der Waals surface area (Å²) in [5.74, 6) is 1.67. The van der Waals surface area contributed by atoms with Gasteiger partial charge in [-0.1, -0.05) is 0 Å². The first-order chi connectivity index (χ1) is 17.8. The van der Waals surface area contributed by atoms with Gasteiger partial charge in [-0.15, -0.1) is 0 Å². The molecule has 1 aliphatic rings. The minimum atomic E-state index is -0.467. The van der Waals surface area contributed by atoms with Gasteiger partial charge in [0.2, 0.25) is 0 Å². The Labute approximate surface area is 217 Å². The zero-order valence-corrected chi connectivity index (χ0v) is 20.9. The molecule has 1 atom stereocenters. The van der Waals surface area contributed by atoms with Crippen LogP contribution < -0.4 is 19.5 Å². The molecule has 1 heterocycles. The SMILES string of the molecule is COc1cc2c(cc1OC)C(COc1ccc([N+](=O)[O-])cc1)N(C(=S)Nc1ccc([N+](=O)[O-])cc1)CC2. The van der Waals surface area contributed by atoms with E-state index < -0.39 is 9.85 Å². The first kappa shape index (κ1) is 25.6. The van der Waals surface area contributed by atoms with Crippen molar-refractivity contribution >= 4 is 34.4 Å². The molecule has 4 rings (SSSR count). The Morgan fingerprint density at radius 3 is 2.11 bits per heavy atom. The van der Waals surface area contributed by atoms with E-state index in [0.29, 0.717) is 41.0 Å². The normalized spacial score (nSPS) is 14.3. The topological polar surface area (TPSA) is 129 Å². The fraction of sp³-hybridized carbons (Fsp3) is 0.240. The van der Waals surface area contributed by atoms with Crippen LogP contribution in [0.3, 0.4) is 0 Å². The Balaban J connectivity index is 1.61. The fourth-order valence-corrected chi connectivity index (χ4v) is 4.49. The Kier molecular flexibility index (Phi) is 7.68. The highest BCUT2D eigenvalue weighted by molar-refractivity contribution is 7.80. The molecule has 0 amide bonds. The van der Waals surface area contributed by atoms with Gasteiger partial charge in [-0.05, 0) is 66.2 Å². The number of anilines is 1. The van der Waals surface area contributed by atoms with Crippen molar-refractivity contribution in [3.05, 3.63) is 92.0 Å². The van der Waals surface area contributed by atoms with Crippen molar-refractivity contribution in [3.8, 4) is 17.2 Å². The molecule has 1 N–H and O–H groups in total. The molecular weight excluding hydrogens is 500 g/mol. The summed E-state index contributed by atoms with van der Waals surface area (Å²) in [5.41, 5.74) is 2.58. The largest absolute Gasteiger partial charge is 0.493 e. The molecule has 12 heteroatoms. The minimum absolute atomic E-state index is 0.0150. The predicted octanol–water partition coefficient (Wildman–Crippen LogP) is 4.90. The van der Waals surface area contributed by atoms with Crippen LogP contribution in [0.1, 0.15) is 17.2 Å². The van der Waals surface area contributed by atoms with Gasteiger partial charge in [0.15, 0.2) is 16.6 Å². The smallest absolute Gasteiger partial charge is 0.269 e. The van der Waals surface area contributed by atoms with Crippen molar-refractivity contribution in [2.24, 2.45) is 0 Å². The average molecular weight is 525 g/mol. The summed E-state index contributed by atoms with van der Waals surface area (Å²) >= 11 is 5.73. The second kappa shape index (κ2) is 11.1. The molecule has 37 heavy (non-hydrogen) atoms. The second-order valence-electron chi connectivity index (χ2n) is 8.16. The van der Waals surface area contributed by atoms with Gasteiger partial charge in [0.25, 0.3) is 11.4 Å². The summed E-state index contributed by atoms with van der Waals surface area (Å²) in [7, 11) is 3.14. The van der Waals surface area contributed by atoms with E-state index in [1.165, 1.54) is 24.3 Å². The van der Waals surface area contributed by atoms with E-state index in [0.717, 1.165) is 11.1 Å². The minimum Gasteiger partial charge on any atom is -0.493 e. The molecule has 3 aromatic rings. The van der Waals surface area contributed by atoms with Crippen molar-refractivity contribution in [2.45, 2.75) is 12.5 Å². The summed E-state index contributed by atoms with van der Waals surface area (Å²) in [4.78, 5) is 23.0. The number of hydrogen-bond acceptors (Lipinski definition) is 8. The Morgan fingerprint density at radius 1 is 0.973 bits per heavy atom. The third-order valence-corrected chi connectivity index (χ3v) is 6.38. The number of thiocarbonyl (C=S) groups is 1. The van der Waals surface area contributed by atoms with Gasteiger partial charge < -0.3 is 24.4 Å². The lowest BCUT2D eigenvalue weighted by molar-refractivity contribution is -0.385. The molecule has 0 saturated carbocycles. The lowest BCUT2D eigenvalue weighted by Crippen LogP contribution is -2.44. The standard InChI is InChI=1S/C25H24N4O7S/c1-34-23-13-16-11-12-27(25(37)26-17-3-5-18(6-4-17)28(30)31)22(21(16)14-24(23)35-2)15-36-20-9-7-19(8-10-20)29(32)33/h3-10,13-14,22H,11-12,15H2,1-2H3,(H,26,37). The van der Waals surface area contributed by atoms with Gasteiger partial charge >= 0.3 is 0 Å². The molecule has 0 spiro atoms. The van der Waals surface area contributed by atoms with Crippen LogP contribution in [0.4, 0.5) is 17.1 Å². The first-order valence-corrected chi connectivity index (χ1v) is 11.7. The Bertz CT molecular complexity index is 1320. The number of rotatable bonds is 8. The van der Waals surface area contributed by atoms with Crippen LogP contribution in [0.15, 0.2) is 60.7 Å². The first-order valence-electron chi connectivity index (χ1n) is 11.2. The third-order valence-electron chi connectivity index (χ3n) is 6.05. The fourth-order valence-electron chi connectivity index (χ4n) is 4.15.